The van der Waals surface area contributed by atoms with Crippen molar-refractivity contribution in [3.05, 3.63) is 0 Å². The summed E-state index contributed by atoms with van der Waals surface area (Å²) in [6.07, 6.45) is 7.44. The number of nitrogens with one attached hydrogen (secondary N) is 2. The van der Waals surface area contributed by atoms with E-state index < -0.39 is 0 Å². The van der Waals surface area contributed by atoms with Crippen LogP contribution in [0.2, 0.25) is 0 Å². The molecule has 3 fully saturated rings. The molecule has 2 heteroatoms. The Bertz CT molecular complexity index is 160. The lowest BCUT2D eigenvalue weighted by molar-refractivity contribution is 0.267. The smallest absolute Gasteiger partial charge is 0.0319 e. The second-order valence-corrected chi connectivity index (χ2v) is 4.40. The number of rotatable bonds is 0. The number of hydrogen-bond donors (Lipinski definition) is 2. The summed E-state index contributed by atoms with van der Waals surface area (Å²) in [7, 11) is 0. The van der Waals surface area contributed by atoms with Gasteiger partial charge in [-0.1, -0.05) is 19.3 Å². The van der Waals surface area contributed by atoms with Crippen LogP contribution in [0.15, 0.2) is 0 Å². The first-order valence-electron chi connectivity index (χ1n) is 4.92. The fourth-order valence-corrected chi connectivity index (χ4v) is 3.31. The average Bonchev–Trinajstić information content (AvgIpc) is 2.54. The molecule has 0 aromatic heterocycles. The van der Waals surface area contributed by atoms with Gasteiger partial charge in [0.2, 0.25) is 0 Å². The SMILES string of the molecule is C1CCC2(CC1)C1CNNC12. The molecular formula is C9H16N2. The minimum Gasteiger partial charge on any atom is -0.257 e. The summed E-state index contributed by atoms with van der Waals surface area (Å²) in [5.41, 5.74) is 7.41. The van der Waals surface area contributed by atoms with E-state index in [1.165, 1.54) is 38.6 Å². The molecule has 2 N–H and O–H groups in total. The zero-order valence-corrected chi connectivity index (χ0v) is 6.90. The van der Waals surface area contributed by atoms with E-state index in [1.54, 1.807) is 0 Å². The molecule has 1 aliphatic heterocycles. The molecule has 11 heavy (non-hydrogen) atoms. The normalized spacial score (nSPS) is 45.8. The summed E-state index contributed by atoms with van der Waals surface area (Å²) in [6.45, 7) is 1.23. The summed E-state index contributed by atoms with van der Waals surface area (Å²) >= 11 is 0. The molecular weight excluding hydrogens is 136 g/mol. The van der Waals surface area contributed by atoms with Crippen LogP contribution in [-0.4, -0.2) is 12.6 Å². The molecule has 2 saturated carbocycles. The standard InChI is InChI=1S/C9H16N2/c1-2-4-9(5-3-1)7-6-10-11-8(7)9/h7-8,10-11H,1-6H2. The second-order valence-electron chi connectivity index (χ2n) is 4.40. The van der Waals surface area contributed by atoms with Crippen molar-refractivity contribution < 1.29 is 0 Å². The Balaban J connectivity index is 1.77. The minimum atomic E-state index is 0.767. The van der Waals surface area contributed by atoms with Gasteiger partial charge in [-0.05, 0) is 24.2 Å². The molecule has 0 bridgehead atoms. The van der Waals surface area contributed by atoms with Gasteiger partial charge in [-0.3, -0.25) is 10.9 Å². The van der Waals surface area contributed by atoms with Crippen LogP contribution in [0.3, 0.4) is 0 Å². The third kappa shape index (κ3) is 0.695. The maximum Gasteiger partial charge on any atom is 0.0319 e. The van der Waals surface area contributed by atoms with Gasteiger partial charge >= 0.3 is 0 Å². The van der Waals surface area contributed by atoms with E-state index >= 15 is 0 Å². The van der Waals surface area contributed by atoms with E-state index in [0.29, 0.717) is 0 Å². The van der Waals surface area contributed by atoms with Crippen LogP contribution in [0.5, 0.6) is 0 Å². The molecule has 62 valence electrons. The first-order valence-corrected chi connectivity index (χ1v) is 4.92. The first kappa shape index (κ1) is 6.44. The molecule has 0 aromatic rings. The maximum atomic E-state index is 3.40. The fourth-order valence-electron chi connectivity index (χ4n) is 3.31. The van der Waals surface area contributed by atoms with Gasteiger partial charge in [0.1, 0.15) is 0 Å². The van der Waals surface area contributed by atoms with Crippen LogP contribution < -0.4 is 10.9 Å². The molecule has 0 radical (unpaired) electrons. The Morgan fingerprint density at radius 3 is 2.55 bits per heavy atom. The minimum absolute atomic E-state index is 0.767. The van der Waals surface area contributed by atoms with E-state index in [1.807, 2.05) is 0 Å². The summed E-state index contributed by atoms with van der Waals surface area (Å²) < 4.78 is 0. The van der Waals surface area contributed by atoms with Crippen LogP contribution >= 0.6 is 0 Å². The van der Waals surface area contributed by atoms with E-state index in [0.717, 1.165) is 17.4 Å². The highest BCUT2D eigenvalue weighted by molar-refractivity contribution is 5.18. The third-order valence-corrected chi connectivity index (χ3v) is 4.02. The summed E-state index contributed by atoms with van der Waals surface area (Å²) in [5.74, 6) is 0.989. The van der Waals surface area contributed by atoms with Crippen molar-refractivity contribution in [3.8, 4) is 0 Å². The number of hydrazine groups is 1. The highest BCUT2D eigenvalue weighted by Crippen LogP contribution is 2.62. The van der Waals surface area contributed by atoms with Crippen LogP contribution in [-0.2, 0) is 0 Å². The molecule has 2 nitrogen and oxygen atoms in total. The van der Waals surface area contributed by atoms with Crippen LogP contribution in [0.25, 0.3) is 0 Å². The lowest BCUT2D eigenvalue weighted by Gasteiger charge is -2.25. The van der Waals surface area contributed by atoms with Gasteiger partial charge in [0.15, 0.2) is 0 Å². The van der Waals surface area contributed by atoms with Crippen molar-refractivity contribution in [3.63, 3.8) is 0 Å². The Labute approximate surface area is 67.7 Å². The zero-order valence-electron chi connectivity index (χ0n) is 6.90. The largest absolute Gasteiger partial charge is 0.257 e. The predicted octanol–water partition coefficient (Wildman–Crippen LogP) is 1.04. The van der Waals surface area contributed by atoms with Crippen molar-refractivity contribution >= 4 is 0 Å². The average molecular weight is 152 g/mol. The van der Waals surface area contributed by atoms with E-state index in [-0.39, 0.29) is 0 Å². The zero-order chi connectivity index (χ0) is 7.31. The van der Waals surface area contributed by atoms with Crippen LogP contribution in [0.4, 0.5) is 0 Å². The fraction of sp³-hybridized carbons (Fsp3) is 1.00. The lowest BCUT2D eigenvalue weighted by atomic mass is 9.83. The summed E-state index contributed by atoms with van der Waals surface area (Å²) in [4.78, 5) is 0. The molecule has 2 atom stereocenters. The van der Waals surface area contributed by atoms with Crippen molar-refractivity contribution in [1.82, 2.24) is 10.9 Å². The van der Waals surface area contributed by atoms with Crippen molar-refractivity contribution in [2.75, 3.05) is 6.54 Å². The topological polar surface area (TPSA) is 24.1 Å². The molecule has 2 aliphatic carbocycles. The molecule has 0 aromatic carbocycles. The molecule has 1 heterocycles. The molecule has 0 amide bonds. The van der Waals surface area contributed by atoms with Gasteiger partial charge in [0.05, 0.1) is 0 Å². The third-order valence-electron chi connectivity index (χ3n) is 4.02. The molecule has 1 spiro atoms. The molecule has 3 aliphatic rings. The number of fused-ring (bicyclic) bond motifs is 3. The Morgan fingerprint density at radius 1 is 1.09 bits per heavy atom. The van der Waals surface area contributed by atoms with Gasteiger partial charge in [0.25, 0.3) is 0 Å². The first-order chi connectivity index (χ1) is 5.43. The van der Waals surface area contributed by atoms with Gasteiger partial charge in [0, 0.05) is 12.6 Å². The van der Waals surface area contributed by atoms with Gasteiger partial charge in [-0.25, -0.2) is 0 Å². The van der Waals surface area contributed by atoms with Crippen LogP contribution in [0.1, 0.15) is 32.1 Å². The van der Waals surface area contributed by atoms with E-state index in [9.17, 15) is 0 Å². The van der Waals surface area contributed by atoms with E-state index in [4.69, 9.17) is 0 Å². The Hall–Kier alpha value is -0.0800. The van der Waals surface area contributed by atoms with Crippen LogP contribution in [0, 0.1) is 11.3 Å². The van der Waals surface area contributed by atoms with Crippen molar-refractivity contribution in [2.24, 2.45) is 11.3 Å². The second kappa shape index (κ2) is 1.99. The highest BCUT2D eigenvalue weighted by atomic mass is 15.4. The quantitative estimate of drug-likeness (QED) is 0.542. The molecule has 1 saturated heterocycles. The molecule has 2 unspecified atom stereocenters. The summed E-state index contributed by atoms with van der Waals surface area (Å²) in [5, 5.41) is 0. The maximum absolute atomic E-state index is 3.40. The van der Waals surface area contributed by atoms with E-state index in [2.05, 4.69) is 10.9 Å². The Kier molecular flexibility index (Phi) is 1.16. The van der Waals surface area contributed by atoms with Gasteiger partial charge in [-0.15, -0.1) is 0 Å². The summed E-state index contributed by atoms with van der Waals surface area (Å²) in [6, 6.07) is 0.850. The highest BCUT2D eigenvalue weighted by Gasteiger charge is 2.65. The lowest BCUT2D eigenvalue weighted by Crippen LogP contribution is -2.35. The number of hydrogen-bond acceptors (Lipinski definition) is 2. The van der Waals surface area contributed by atoms with Crippen molar-refractivity contribution in [2.45, 2.75) is 38.1 Å². The molecule has 3 rings (SSSR count). The monoisotopic (exact) mass is 152 g/mol. The van der Waals surface area contributed by atoms with Gasteiger partial charge in [-0.2, -0.15) is 0 Å². The van der Waals surface area contributed by atoms with Gasteiger partial charge < -0.3 is 0 Å². The van der Waals surface area contributed by atoms with Crippen molar-refractivity contribution in [1.29, 1.82) is 0 Å². The predicted molar refractivity (Wildman–Crippen MR) is 43.9 cm³/mol. The Morgan fingerprint density at radius 2 is 1.91 bits per heavy atom.